The smallest absolute Gasteiger partial charge is 0.0788 e. The molecule has 1 unspecified atom stereocenters. The molecule has 0 radical (unpaired) electrons. The molecule has 0 bridgehead atoms. The highest BCUT2D eigenvalue weighted by molar-refractivity contribution is 9.10. The Morgan fingerprint density at radius 1 is 1.38 bits per heavy atom. The third-order valence-electron chi connectivity index (χ3n) is 2.25. The first-order valence-corrected chi connectivity index (χ1v) is 6.34. The molecule has 2 aromatic rings. The molecule has 0 aliphatic heterocycles. The summed E-state index contributed by atoms with van der Waals surface area (Å²) in [7, 11) is 0. The summed E-state index contributed by atoms with van der Waals surface area (Å²) in [5.74, 6) is 0. The lowest BCUT2D eigenvalue weighted by atomic mass is 10.1. The summed E-state index contributed by atoms with van der Waals surface area (Å²) in [6.45, 7) is 1.74. The van der Waals surface area contributed by atoms with Crippen molar-refractivity contribution >= 4 is 31.9 Å². The van der Waals surface area contributed by atoms with Gasteiger partial charge in [-0.3, -0.25) is 0 Å². The minimum Gasteiger partial charge on any atom is -0.389 e. The maximum atomic E-state index is 9.46. The second kappa shape index (κ2) is 4.69. The summed E-state index contributed by atoms with van der Waals surface area (Å²) >= 11 is 6.83. The zero-order valence-corrected chi connectivity index (χ0v) is 11.7. The highest BCUT2D eigenvalue weighted by Crippen LogP contribution is 2.25. The van der Waals surface area contributed by atoms with Crippen molar-refractivity contribution in [3.63, 3.8) is 0 Å². The SMILES string of the molecule is CC(O)c1ccc(-n2cc(Br)cn2)c(Br)c1. The Morgan fingerprint density at radius 3 is 2.62 bits per heavy atom. The normalized spacial score (nSPS) is 12.8. The zero-order chi connectivity index (χ0) is 11.7. The first-order valence-electron chi connectivity index (χ1n) is 4.76. The van der Waals surface area contributed by atoms with Crippen molar-refractivity contribution in [3.8, 4) is 5.69 Å². The van der Waals surface area contributed by atoms with Crippen molar-refractivity contribution in [3.05, 3.63) is 45.1 Å². The Morgan fingerprint density at radius 2 is 2.12 bits per heavy atom. The van der Waals surface area contributed by atoms with E-state index in [1.807, 2.05) is 24.4 Å². The highest BCUT2D eigenvalue weighted by atomic mass is 79.9. The molecule has 1 atom stereocenters. The van der Waals surface area contributed by atoms with Gasteiger partial charge in [-0.05, 0) is 56.5 Å². The van der Waals surface area contributed by atoms with Crippen molar-refractivity contribution in [1.82, 2.24) is 9.78 Å². The van der Waals surface area contributed by atoms with Gasteiger partial charge in [-0.25, -0.2) is 4.68 Å². The third kappa shape index (κ3) is 2.36. The fraction of sp³-hybridized carbons (Fsp3) is 0.182. The number of aliphatic hydroxyl groups excluding tert-OH is 1. The minimum absolute atomic E-state index is 0.463. The van der Waals surface area contributed by atoms with Crippen LogP contribution in [0.3, 0.4) is 0 Å². The van der Waals surface area contributed by atoms with E-state index in [1.165, 1.54) is 0 Å². The van der Waals surface area contributed by atoms with E-state index >= 15 is 0 Å². The predicted molar refractivity (Wildman–Crippen MR) is 69.6 cm³/mol. The summed E-state index contributed by atoms with van der Waals surface area (Å²) in [5.41, 5.74) is 1.82. The summed E-state index contributed by atoms with van der Waals surface area (Å²) in [5, 5.41) is 13.7. The van der Waals surface area contributed by atoms with Gasteiger partial charge in [0.2, 0.25) is 0 Å². The first kappa shape index (κ1) is 11.8. The van der Waals surface area contributed by atoms with Crippen LogP contribution in [0.5, 0.6) is 0 Å². The number of hydrogen-bond acceptors (Lipinski definition) is 2. The monoisotopic (exact) mass is 344 g/mol. The maximum Gasteiger partial charge on any atom is 0.0788 e. The molecule has 2 rings (SSSR count). The molecule has 84 valence electrons. The molecule has 0 fully saturated rings. The van der Waals surface area contributed by atoms with Gasteiger partial charge in [-0.2, -0.15) is 5.10 Å². The Hall–Kier alpha value is -0.650. The van der Waals surface area contributed by atoms with Gasteiger partial charge in [0.05, 0.1) is 22.5 Å². The lowest BCUT2D eigenvalue weighted by Crippen LogP contribution is -1.98. The molecule has 0 aliphatic rings. The second-order valence-corrected chi connectivity index (χ2v) is 5.26. The average molecular weight is 346 g/mol. The minimum atomic E-state index is -0.463. The molecule has 1 aromatic carbocycles. The van der Waals surface area contributed by atoms with Crippen molar-refractivity contribution < 1.29 is 5.11 Å². The Balaban J connectivity index is 2.44. The van der Waals surface area contributed by atoms with Gasteiger partial charge in [0.25, 0.3) is 0 Å². The summed E-state index contributed by atoms with van der Waals surface area (Å²) < 4.78 is 3.60. The van der Waals surface area contributed by atoms with Crippen molar-refractivity contribution in [2.75, 3.05) is 0 Å². The van der Waals surface area contributed by atoms with Crippen LogP contribution >= 0.6 is 31.9 Å². The van der Waals surface area contributed by atoms with Crippen molar-refractivity contribution in [1.29, 1.82) is 0 Å². The third-order valence-corrected chi connectivity index (χ3v) is 3.30. The molecule has 1 heterocycles. The van der Waals surface area contributed by atoms with Crippen LogP contribution in [-0.4, -0.2) is 14.9 Å². The Kier molecular flexibility index (Phi) is 3.47. The molecule has 0 saturated heterocycles. The van der Waals surface area contributed by atoms with E-state index in [1.54, 1.807) is 17.8 Å². The first-order chi connectivity index (χ1) is 7.58. The lowest BCUT2D eigenvalue weighted by Gasteiger charge is -2.09. The van der Waals surface area contributed by atoms with E-state index in [0.29, 0.717) is 0 Å². The number of nitrogens with zero attached hydrogens (tertiary/aromatic N) is 2. The average Bonchev–Trinajstić information content (AvgIpc) is 2.64. The van der Waals surface area contributed by atoms with Crippen molar-refractivity contribution in [2.45, 2.75) is 13.0 Å². The lowest BCUT2D eigenvalue weighted by molar-refractivity contribution is 0.199. The molecule has 1 aromatic heterocycles. The van der Waals surface area contributed by atoms with E-state index in [-0.39, 0.29) is 0 Å². The van der Waals surface area contributed by atoms with Crippen LogP contribution in [0.2, 0.25) is 0 Å². The van der Waals surface area contributed by atoms with Gasteiger partial charge in [0, 0.05) is 10.7 Å². The molecule has 0 amide bonds. The van der Waals surface area contributed by atoms with E-state index in [9.17, 15) is 5.11 Å². The molecule has 0 saturated carbocycles. The van der Waals surface area contributed by atoms with Crippen molar-refractivity contribution in [2.24, 2.45) is 0 Å². The van der Waals surface area contributed by atoms with Gasteiger partial charge in [-0.15, -0.1) is 0 Å². The Labute approximate surface area is 110 Å². The van der Waals surface area contributed by atoms with Gasteiger partial charge < -0.3 is 5.11 Å². The predicted octanol–water partition coefficient (Wildman–Crippen LogP) is 3.45. The second-order valence-electron chi connectivity index (χ2n) is 3.49. The largest absolute Gasteiger partial charge is 0.389 e. The Bertz CT molecular complexity index is 508. The number of aromatic nitrogens is 2. The van der Waals surface area contributed by atoms with Gasteiger partial charge in [0.1, 0.15) is 0 Å². The quantitative estimate of drug-likeness (QED) is 0.905. The number of rotatable bonds is 2. The molecule has 3 nitrogen and oxygen atoms in total. The fourth-order valence-corrected chi connectivity index (χ4v) is 2.27. The number of aliphatic hydroxyl groups is 1. The van der Waals surface area contributed by atoms with E-state index in [0.717, 1.165) is 20.2 Å². The van der Waals surface area contributed by atoms with Crippen LogP contribution in [-0.2, 0) is 0 Å². The van der Waals surface area contributed by atoms with Crippen LogP contribution in [0.4, 0.5) is 0 Å². The molecule has 1 N–H and O–H groups in total. The van der Waals surface area contributed by atoms with Gasteiger partial charge >= 0.3 is 0 Å². The molecule has 0 spiro atoms. The molecule has 16 heavy (non-hydrogen) atoms. The standard InChI is InChI=1S/C11H10Br2N2O/c1-7(16)8-2-3-11(10(13)4-8)15-6-9(12)5-14-15/h2-7,16H,1H3. The van der Waals surface area contributed by atoms with E-state index in [2.05, 4.69) is 37.0 Å². The number of halogens is 2. The molecule has 5 heteroatoms. The van der Waals surface area contributed by atoms with Gasteiger partial charge in [0.15, 0.2) is 0 Å². The number of benzene rings is 1. The highest BCUT2D eigenvalue weighted by Gasteiger charge is 2.07. The van der Waals surface area contributed by atoms with Crippen LogP contribution in [0, 0.1) is 0 Å². The van der Waals surface area contributed by atoms with E-state index < -0.39 is 6.10 Å². The molecular formula is C11H10Br2N2O. The van der Waals surface area contributed by atoms with E-state index in [4.69, 9.17) is 0 Å². The summed E-state index contributed by atoms with van der Waals surface area (Å²) in [4.78, 5) is 0. The topological polar surface area (TPSA) is 38.0 Å². The maximum absolute atomic E-state index is 9.46. The van der Waals surface area contributed by atoms with Crippen LogP contribution < -0.4 is 0 Å². The van der Waals surface area contributed by atoms with Crippen LogP contribution in [0.25, 0.3) is 5.69 Å². The summed E-state index contributed by atoms with van der Waals surface area (Å²) in [6, 6.07) is 5.71. The number of hydrogen-bond donors (Lipinski definition) is 1. The zero-order valence-electron chi connectivity index (χ0n) is 8.56. The molecular weight excluding hydrogens is 336 g/mol. The summed E-state index contributed by atoms with van der Waals surface area (Å²) in [6.07, 6.45) is 3.15. The van der Waals surface area contributed by atoms with Crippen LogP contribution in [0.1, 0.15) is 18.6 Å². The molecule has 0 aliphatic carbocycles. The van der Waals surface area contributed by atoms with Crippen LogP contribution in [0.15, 0.2) is 39.5 Å². The fourth-order valence-electron chi connectivity index (χ4n) is 1.40. The van der Waals surface area contributed by atoms with Gasteiger partial charge in [-0.1, -0.05) is 6.07 Å².